The lowest BCUT2D eigenvalue weighted by molar-refractivity contribution is -0.119. The predicted octanol–water partition coefficient (Wildman–Crippen LogP) is 4.84. The van der Waals surface area contributed by atoms with Gasteiger partial charge >= 0.3 is 0 Å². The van der Waals surface area contributed by atoms with Gasteiger partial charge in [-0.05, 0) is 35.7 Å². The van der Waals surface area contributed by atoms with E-state index < -0.39 is 5.92 Å². The summed E-state index contributed by atoms with van der Waals surface area (Å²) >= 11 is 3.49. The van der Waals surface area contributed by atoms with Crippen LogP contribution in [0.1, 0.15) is 22.6 Å². The SMILES string of the molecule is NC(=O)C(Cc1ccccc1)c1cc(Br)ccc1OCc1ccccc1. The van der Waals surface area contributed by atoms with Crippen molar-refractivity contribution in [2.24, 2.45) is 5.73 Å². The first-order valence-electron chi connectivity index (χ1n) is 8.43. The third-order valence-electron chi connectivity index (χ3n) is 4.21. The molecule has 1 atom stereocenters. The summed E-state index contributed by atoms with van der Waals surface area (Å²) in [4.78, 5) is 12.2. The van der Waals surface area contributed by atoms with Gasteiger partial charge in [-0.1, -0.05) is 76.6 Å². The molecule has 0 aliphatic rings. The van der Waals surface area contributed by atoms with Crippen LogP contribution in [0.2, 0.25) is 0 Å². The number of primary amides is 1. The molecule has 0 bridgehead atoms. The molecule has 4 heteroatoms. The van der Waals surface area contributed by atoms with Gasteiger partial charge in [-0.2, -0.15) is 0 Å². The van der Waals surface area contributed by atoms with Crippen molar-refractivity contribution in [1.82, 2.24) is 0 Å². The number of ether oxygens (including phenoxy) is 1. The van der Waals surface area contributed by atoms with Crippen LogP contribution in [0, 0.1) is 0 Å². The third kappa shape index (κ3) is 4.73. The Morgan fingerprint density at radius 2 is 1.54 bits per heavy atom. The van der Waals surface area contributed by atoms with Gasteiger partial charge in [0.05, 0.1) is 5.92 Å². The van der Waals surface area contributed by atoms with Gasteiger partial charge in [0.25, 0.3) is 0 Å². The lowest BCUT2D eigenvalue weighted by Crippen LogP contribution is -2.24. The van der Waals surface area contributed by atoms with Crippen LogP contribution < -0.4 is 10.5 Å². The molecule has 2 N–H and O–H groups in total. The molecule has 1 unspecified atom stereocenters. The summed E-state index contributed by atoms with van der Waals surface area (Å²) in [7, 11) is 0. The average molecular weight is 410 g/mol. The second kappa shape index (κ2) is 8.68. The highest BCUT2D eigenvalue weighted by Crippen LogP contribution is 2.32. The maximum absolute atomic E-state index is 12.2. The molecule has 1 amide bonds. The Kier molecular flexibility index (Phi) is 6.08. The van der Waals surface area contributed by atoms with Crippen LogP contribution in [0.15, 0.2) is 83.3 Å². The average Bonchev–Trinajstić information content (AvgIpc) is 2.66. The highest BCUT2D eigenvalue weighted by Gasteiger charge is 2.23. The molecule has 3 aromatic rings. The number of nitrogens with two attached hydrogens (primary N) is 1. The van der Waals surface area contributed by atoms with Gasteiger partial charge in [0.2, 0.25) is 5.91 Å². The molecule has 3 aromatic carbocycles. The van der Waals surface area contributed by atoms with Gasteiger partial charge < -0.3 is 10.5 Å². The zero-order valence-electron chi connectivity index (χ0n) is 14.3. The van der Waals surface area contributed by atoms with Crippen molar-refractivity contribution in [3.63, 3.8) is 0 Å². The topological polar surface area (TPSA) is 52.3 Å². The first-order chi connectivity index (χ1) is 12.6. The van der Waals surface area contributed by atoms with E-state index in [-0.39, 0.29) is 5.91 Å². The maximum Gasteiger partial charge on any atom is 0.225 e. The lowest BCUT2D eigenvalue weighted by Gasteiger charge is -2.19. The van der Waals surface area contributed by atoms with E-state index in [0.717, 1.165) is 21.2 Å². The van der Waals surface area contributed by atoms with Crippen molar-refractivity contribution in [2.45, 2.75) is 18.9 Å². The molecule has 0 aliphatic heterocycles. The highest BCUT2D eigenvalue weighted by atomic mass is 79.9. The molecule has 0 spiro atoms. The van der Waals surface area contributed by atoms with Crippen molar-refractivity contribution in [3.05, 3.63) is 100 Å². The number of carbonyl (C=O) groups is 1. The van der Waals surface area contributed by atoms with Crippen LogP contribution in [-0.2, 0) is 17.8 Å². The van der Waals surface area contributed by atoms with E-state index in [9.17, 15) is 4.79 Å². The molecular formula is C22H20BrNO2. The van der Waals surface area contributed by atoms with E-state index in [1.165, 1.54) is 0 Å². The van der Waals surface area contributed by atoms with Crippen molar-refractivity contribution in [3.8, 4) is 5.75 Å². The van der Waals surface area contributed by atoms with Gasteiger partial charge in [-0.3, -0.25) is 4.79 Å². The zero-order chi connectivity index (χ0) is 18.4. The Bertz CT molecular complexity index is 866. The number of benzene rings is 3. The van der Waals surface area contributed by atoms with E-state index in [4.69, 9.17) is 10.5 Å². The second-order valence-electron chi connectivity index (χ2n) is 6.10. The molecule has 0 aromatic heterocycles. The van der Waals surface area contributed by atoms with Crippen LogP contribution in [0.3, 0.4) is 0 Å². The minimum absolute atomic E-state index is 0.364. The minimum Gasteiger partial charge on any atom is -0.489 e. The van der Waals surface area contributed by atoms with Crippen LogP contribution >= 0.6 is 15.9 Å². The summed E-state index contributed by atoms with van der Waals surface area (Å²) < 4.78 is 6.91. The fourth-order valence-corrected chi connectivity index (χ4v) is 3.25. The fraction of sp³-hybridized carbons (Fsp3) is 0.136. The number of rotatable bonds is 7. The maximum atomic E-state index is 12.2. The van der Waals surface area contributed by atoms with Crippen LogP contribution in [0.5, 0.6) is 5.75 Å². The van der Waals surface area contributed by atoms with Gasteiger partial charge in [0.15, 0.2) is 0 Å². The van der Waals surface area contributed by atoms with Crippen LogP contribution in [-0.4, -0.2) is 5.91 Å². The first kappa shape index (κ1) is 18.2. The highest BCUT2D eigenvalue weighted by molar-refractivity contribution is 9.10. The second-order valence-corrected chi connectivity index (χ2v) is 7.02. The summed E-state index contributed by atoms with van der Waals surface area (Å²) in [5, 5.41) is 0. The molecule has 0 fully saturated rings. The van der Waals surface area contributed by atoms with Gasteiger partial charge in [-0.25, -0.2) is 0 Å². The minimum atomic E-state index is -0.458. The number of hydrogen-bond donors (Lipinski definition) is 1. The molecular weight excluding hydrogens is 390 g/mol. The fourth-order valence-electron chi connectivity index (χ4n) is 2.87. The molecule has 3 rings (SSSR count). The Hall–Kier alpha value is -2.59. The lowest BCUT2D eigenvalue weighted by atomic mass is 9.90. The van der Waals surface area contributed by atoms with Crippen molar-refractivity contribution < 1.29 is 9.53 Å². The monoisotopic (exact) mass is 409 g/mol. The molecule has 132 valence electrons. The van der Waals surface area contributed by atoms with E-state index >= 15 is 0 Å². The molecule has 0 heterocycles. The Morgan fingerprint density at radius 1 is 0.923 bits per heavy atom. The molecule has 3 nitrogen and oxygen atoms in total. The normalized spacial score (nSPS) is 11.7. The van der Waals surface area contributed by atoms with E-state index in [2.05, 4.69) is 15.9 Å². The van der Waals surface area contributed by atoms with Gasteiger partial charge in [0.1, 0.15) is 12.4 Å². The smallest absolute Gasteiger partial charge is 0.225 e. The number of halogens is 1. The van der Waals surface area contributed by atoms with Crippen molar-refractivity contribution >= 4 is 21.8 Å². The largest absolute Gasteiger partial charge is 0.489 e. The van der Waals surface area contributed by atoms with Gasteiger partial charge in [-0.15, -0.1) is 0 Å². The van der Waals surface area contributed by atoms with E-state index in [0.29, 0.717) is 18.8 Å². The summed E-state index contributed by atoms with van der Waals surface area (Å²) in [5.41, 5.74) is 8.66. The number of carbonyl (C=O) groups excluding carboxylic acids is 1. The van der Waals surface area contributed by atoms with Crippen molar-refractivity contribution in [2.75, 3.05) is 0 Å². The van der Waals surface area contributed by atoms with E-state index in [1.807, 2.05) is 78.9 Å². The summed E-state index contributed by atoms with van der Waals surface area (Å²) in [6, 6.07) is 25.5. The van der Waals surface area contributed by atoms with Crippen molar-refractivity contribution in [1.29, 1.82) is 0 Å². The Labute approximate surface area is 161 Å². The Balaban J connectivity index is 1.88. The number of amides is 1. The van der Waals surface area contributed by atoms with E-state index in [1.54, 1.807) is 0 Å². The van der Waals surface area contributed by atoms with Crippen LogP contribution in [0.25, 0.3) is 0 Å². The molecule has 0 radical (unpaired) electrons. The molecule has 0 aliphatic carbocycles. The molecule has 26 heavy (non-hydrogen) atoms. The van der Waals surface area contributed by atoms with Crippen LogP contribution in [0.4, 0.5) is 0 Å². The predicted molar refractivity (Wildman–Crippen MR) is 107 cm³/mol. The Morgan fingerprint density at radius 3 is 2.15 bits per heavy atom. The first-order valence-corrected chi connectivity index (χ1v) is 9.22. The summed E-state index contributed by atoms with van der Waals surface area (Å²) in [6.45, 7) is 0.437. The number of hydrogen-bond acceptors (Lipinski definition) is 2. The molecule has 0 saturated heterocycles. The quantitative estimate of drug-likeness (QED) is 0.606. The third-order valence-corrected chi connectivity index (χ3v) is 4.70. The standard InChI is InChI=1S/C22H20BrNO2/c23-18-11-12-21(26-15-17-9-5-2-6-10-17)19(14-18)20(22(24)25)13-16-7-3-1-4-8-16/h1-12,14,20H,13,15H2,(H2,24,25). The molecule has 0 saturated carbocycles. The summed E-state index contributed by atoms with van der Waals surface area (Å²) in [6.07, 6.45) is 0.536. The zero-order valence-corrected chi connectivity index (χ0v) is 15.9. The van der Waals surface area contributed by atoms with Gasteiger partial charge in [0, 0.05) is 10.0 Å². The summed E-state index contributed by atoms with van der Waals surface area (Å²) in [5.74, 6) is -0.144.